The van der Waals surface area contributed by atoms with Gasteiger partial charge in [-0.15, -0.1) is 0 Å². The lowest BCUT2D eigenvalue weighted by atomic mass is 10.0. The van der Waals surface area contributed by atoms with E-state index >= 15 is 0 Å². The second kappa shape index (κ2) is 7.32. The zero-order valence-electron chi connectivity index (χ0n) is 14.2. The molecule has 3 rings (SSSR count). The monoisotopic (exact) mass is 316 g/mol. The fraction of sp³-hybridized carbons (Fsp3) is 0.217. The number of unbranched alkanes of at least 4 members (excludes halogenated alkanes) is 1. The first kappa shape index (κ1) is 16.3. The molecule has 1 heteroatoms. The number of rotatable bonds is 3. The number of halogens is 1. The summed E-state index contributed by atoms with van der Waals surface area (Å²) in [6.45, 7) is 4.20. The number of benzene rings is 3. The van der Waals surface area contributed by atoms with Crippen LogP contribution in [0.2, 0.25) is 0 Å². The fourth-order valence-electron chi connectivity index (χ4n) is 2.78. The third-order valence-corrected chi connectivity index (χ3v) is 4.22. The molecule has 0 amide bonds. The second-order valence-corrected chi connectivity index (χ2v) is 6.20. The summed E-state index contributed by atoms with van der Waals surface area (Å²) in [6.07, 6.45) is 3.50. The van der Waals surface area contributed by atoms with Crippen LogP contribution in [0.1, 0.15) is 42.0 Å². The molecule has 0 aliphatic carbocycles. The van der Waals surface area contributed by atoms with E-state index in [4.69, 9.17) is 0 Å². The number of hydrogen-bond acceptors (Lipinski definition) is 0. The SMILES string of the molecule is CCCCc1ccc(C#Cc2ccc3cc(C)ccc3c2F)cc1. The maximum atomic E-state index is 14.6. The van der Waals surface area contributed by atoms with Crippen LogP contribution in [-0.4, -0.2) is 0 Å². The van der Waals surface area contributed by atoms with E-state index in [1.165, 1.54) is 18.4 Å². The molecule has 120 valence electrons. The molecule has 0 atom stereocenters. The number of aryl methyl sites for hydroxylation is 2. The topological polar surface area (TPSA) is 0 Å². The van der Waals surface area contributed by atoms with Gasteiger partial charge in [-0.2, -0.15) is 0 Å². The van der Waals surface area contributed by atoms with Crippen LogP contribution in [0, 0.1) is 24.6 Å². The van der Waals surface area contributed by atoms with Crippen molar-refractivity contribution in [3.63, 3.8) is 0 Å². The van der Waals surface area contributed by atoms with Crippen molar-refractivity contribution in [3.8, 4) is 11.8 Å². The second-order valence-electron chi connectivity index (χ2n) is 6.20. The fourth-order valence-corrected chi connectivity index (χ4v) is 2.78. The van der Waals surface area contributed by atoms with E-state index in [0.717, 1.165) is 22.9 Å². The zero-order valence-corrected chi connectivity index (χ0v) is 14.2. The van der Waals surface area contributed by atoms with Crippen molar-refractivity contribution in [2.24, 2.45) is 0 Å². The molecule has 0 N–H and O–H groups in total. The summed E-state index contributed by atoms with van der Waals surface area (Å²) in [6, 6.07) is 17.7. The first-order valence-electron chi connectivity index (χ1n) is 8.47. The Morgan fingerprint density at radius 2 is 1.71 bits per heavy atom. The minimum atomic E-state index is -0.237. The van der Waals surface area contributed by atoms with E-state index in [2.05, 4.69) is 30.9 Å². The molecule has 3 aromatic rings. The van der Waals surface area contributed by atoms with Gasteiger partial charge in [0, 0.05) is 10.9 Å². The lowest BCUT2D eigenvalue weighted by Crippen LogP contribution is -1.88. The molecule has 0 spiro atoms. The maximum absolute atomic E-state index is 14.6. The standard InChI is InChI=1S/C23H21F/c1-3-4-5-18-7-9-19(10-8-18)11-12-20-13-14-21-16-17(2)6-15-22(21)23(20)24/h6-10,13-16H,3-5H2,1-2H3. The Kier molecular flexibility index (Phi) is 4.96. The van der Waals surface area contributed by atoms with E-state index in [1.54, 1.807) is 6.07 Å². The normalized spacial score (nSPS) is 10.5. The average molecular weight is 316 g/mol. The molecule has 0 bridgehead atoms. The summed E-state index contributed by atoms with van der Waals surface area (Å²) in [5, 5.41) is 1.54. The highest BCUT2D eigenvalue weighted by molar-refractivity contribution is 5.85. The van der Waals surface area contributed by atoms with Crippen molar-refractivity contribution in [3.05, 3.63) is 82.7 Å². The van der Waals surface area contributed by atoms with Gasteiger partial charge in [0.2, 0.25) is 0 Å². The van der Waals surface area contributed by atoms with Gasteiger partial charge < -0.3 is 0 Å². The van der Waals surface area contributed by atoms with Crippen LogP contribution in [-0.2, 0) is 6.42 Å². The van der Waals surface area contributed by atoms with Crippen LogP contribution in [0.3, 0.4) is 0 Å². The summed E-state index contributed by atoms with van der Waals surface area (Å²) >= 11 is 0. The molecule has 0 saturated heterocycles. The molecular weight excluding hydrogens is 295 g/mol. The van der Waals surface area contributed by atoms with Crippen molar-refractivity contribution in [1.29, 1.82) is 0 Å². The highest BCUT2D eigenvalue weighted by Gasteiger charge is 2.05. The first-order chi connectivity index (χ1) is 11.7. The Balaban J connectivity index is 1.86. The summed E-state index contributed by atoms with van der Waals surface area (Å²) in [7, 11) is 0. The van der Waals surface area contributed by atoms with Gasteiger partial charge >= 0.3 is 0 Å². The maximum Gasteiger partial charge on any atom is 0.146 e. The molecule has 0 aromatic heterocycles. The minimum Gasteiger partial charge on any atom is -0.205 e. The molecule has 0 saturated carbocycles. The smallest absolute Gasteiger partial charge is 0.146 e. The predicted octanol–water partition coefficient (Wildman–Crippen LogP) is 6.03. The molecule has 0 aliphatic heterocycles. The van der Waals surface area contributed by atoms with Gasteiger partial charge in [0.15, 0.2) is 0 Å². The highest BCUT2D eigenvalue weighted by atomic mass is 19.1. The molecule has 0 aliphatic rings. The number of fused-ring (bicyclic) bond motifs is 1. The first-order valence-corrected chi connectivity index (χ1v) is 8.47. The lowest BCUT2D eigenvalue weighted by molar-refractivity contribution is 0.636. The largest absolute Gasteiger partial charge is 0.205 e. The van der Waals surface area contributed by atoms with E-state index < -0.39 is 0 Å². The molecule has 24 heavy (non-hydrogen) atoms. The van der Waals surface area contributed by atoms with Gasteiger partial charge in [-0.1, -0.05) is 67.1 Å². The lowest BCUT2D eigenvalue weighted by Gasteiger charge is -2.03. The van der Waals surface area contributed by atoms with Gasteiger partial charge in [0.05, 0.1) is 5.56 Å². The summed E-state index contributed by atoms with van der Waals surface area (Å²) in [5.74, 6) is 5.81. The quantitative estimate of drug-likeness (QED) is 0.518. The van der Waals surface area contributed by atoms with Gasteiger partial charge in [-0.3, -0.25) is 0 Å². The van der Waals surface area contributed by atoms with Crippen LogP contribution in [0.25, 0.3) is 10.8 Å². The summed E-state index contributed by atoms with van der Waals surface area (Å²) < 4.78 is 14.6. The van der Waals surface area contributed by atoms with Gasteiger partial charge in [-0.25, -0.2) is 4.39 Å². The number of hydrogen-bond donors (Lipinski definition) is 0. The van der Waals surface area contributed by atoms with Gasteiger partial charge in [-0.05, 0) is 48.9 Å². The third-order valence-electron chi connectivity index (χ3n) is 4.22. The third kappa shape index (κ3) is 3.66. The molecule has 0 heterocycles. The molecular formula is C23H21F. The van der Waals surface area contributed by atoms with Crippen LogP contribution >= 0.6 is 0 Å². The van der Waals surface area contributed by atoms with E-state index in [-0.39, 0.29) is 5.82 Å². The Morgan fingerprint density at radius 1 is 0.917 bits per heavy atom. The van der Waals surface area contributed by atoms with Crippen molar-refractivity contribution < 1.29 is 4.39 Å². The molecule has 0 unspecified atom stereocenters. The highest BCUT2D eigenvalue weighted by Crippen LogP contribution is 2.22. The predicted molar refractivity (Wildman–Crippen MR) is 99.7 cm³/mol. The average Bonchev–Trinajstić information content (AvgIpc) is 2.60. The van der Waals surface area contributed by atoms with Crippen LogP contribution in [0.4, 0.5) is 4.39 Å². The van der Waals surface area contributed by atoms with Crippen molar-refractivity contribution >= 4 is 10.8 Å². The van der Waals surface area contributed by atoms with Gasteiger partial charge in [0.1, 0.15) is 5.82 Å². The van der Waals surface area contributed by atoms with E-state index in [9.17, 15) is 4.39 Å². The molecule has 0 nitrogen and oxygen atoms in total. The minimum absolute atomic E-state index is 0.237. The Bertz CT molecular complexity index is 908. The van der Waals surface area contributed by atoms with Crippen molar-refractivity contribution in [1.82, 2.24) is 0 Å². The van der Waals surface area contributed by atoms with E-state index in [0.29, 0.717) is 10.9 Å². The zero-order chi connectivity index (χ0) is 16.9. The Labute approximate surface area is 143 Å². The van der Waals surface area contributed by atoms with Crippen LogP contribution in [0.5, 0.6) is 0 Å². The molecule has 0 fully saturated rings. The Hall–Kier alpha value is -2.59. The van der Waals surface area contributed by atoms with Crippen LogP contribution < -0.4 is 0 Å². The van der Waals surface area contributed by atoms with Gasteiger partial charge in [0.25, 0.3) is 0 Å². The summed E-state index contributed by atoms with van der Waals surface area (Å²) in [5.41, 5.74) is 3.82. The summed E-state index contributed by atoms with van der Waals surface area (Å²) in [4.78, 5) is 0. The Morgan fingerprint density at radius 3 is 2.46 bits per heavy atom. The van der Waals surface area contributed by atoms with Crippen molar-refractivity contribution in [2.45, 2.75) is 33.1 Å². The molecule has 0 radical (unpaired) electrons. The van der Waals surface area contributed by atoms with E-state index in [1.807, 2.05) is 43.3 Å². The van der Waals surface area contributed by atoms with Crippen LogP contribution in [0.15, 0.2) is 54.6 Å². The molecule has 3 aromatic carbocycles. The van der Waals surface area contributed by atoms with Crippen molar-refractivity contribution in [2.75, 3.05) is 0 Å².